The van der Waals surface area contributed by atoms with Gasteiger partial charge in [-0.1, -0.05) is 13.3 Å². The first kappa shape index (κ1) is 16.8. The van der Waals surface area contributed by atoms with Gasteiger partial charge in [0.05, 0.1) is 5.92 Å². The summed E-state index contributed by atoms with van der Waals surface area (Å²) in [5.74, 6) is -1.36. The fourth-order valence-electron chi connectivity index (χ4n) is 2.17. The Morgan fingerprint density at radius 1 is 1.30 bits per heavy atom. The molecule has 1 aliphatic rings. The smallest absolute Gasteiger partial charge is 0.314 e. The molecule has 0 saturated heterocycles. The van der Waals surface area contributed by atoms with E-state index in [-0.39, 0.29) is 12.6 Å². The lowest BCUT2D eigenvalue weighted by Gasteiger charge is -2.24. The first-order valence-corrected chi connectivity index (χ1v) is 7.42. The van der Waals surface area contributed by atoms with Crippen LogP contribution >= 0.6 is 0 Å². The first-order valence-electron chi connectivity index (χ1n) is 7.42. The Kier molecular flexibility index (Phi) is 6.78. The number of hydrogen-bond acceptors (Lipinski definition) is 3. The molecule has 116 valence electrons. The van der Waals surface area contributed by atoms with Gasteiger partial charge in [-0.2, -0.15) is 0 Å². The highest BCUT2D eigenvalue weighted by atomic mass is 16.4. The second kappa shape index (κ2) is 8.09. The van der Waals surface area contributed by atoms with E-state index in [2.05, 4.69) is 29.5 Å². The SMILES string of the molecule is CCCC(CNC(=O)NCC(C)N(C)C1CC1)C(=O)O. The highest BCUT2D eigenvalue weighted by molar-refractivity contribution is 5.75. The normalized spacial score (nSPS) is 17.6. The van der Waals surface area contributed by atoms with E-state index in [0.717, 1.165) is 6.42 Å². The van der Waals surface area contributed by atoms with Gasteiger partial charge in [0.15, 0.2) is 0 Å². The van der Waals surface area contributed by atoms with Crippen LogP contribution in [0.25, 0.3) is 0 Å². The average Bonchev–Trinajstić information content (AvgIpc) is 3.23. The molecule has 6 nitrogen and oxygen atoms in total. The predicted molar refractivity (Wildman–Crippen MR) is 77.7 cm³/mol. The number of nitrogens with one attached hydrogen (secondary N) is 2. The minimum atomic E-state index is -0.853. The summed E-state index contributed by atoms with van der Waals surface area (Å²) in [6.45, 7) is 4.77. The van der Waals surface area contributed by atoms with E-state index in [0.29, 0.717) is 25.0 Å². The molecule has 0 bridgehead atoms. The number of amides is 2. The van der Waals surface area contributed by atoms with Crippen molar-refractivity contribution in [1.82, 2.24) is 15.5 Å². The molecule has 6 heteroatoms. The zero-order valence-corrected chi connectivity index (χ0v) is 12.7. The van der Waals surface area contributed by atoms with E-state index >= 15 is 0 Å². The lowest BCUT2D eigenvalue weighted by Crippen LogP contribution is -2.46. The van der Waals surface area contributed by atoms with Crippen LogP contribution in [-0.2, 0) is 4.79 Å². The van der Waals surface area contributed by atoms with Crippen LogP contribution in [0.2, 0.25) is 0 Å². The highest BCUT2D eigenvalue weighted by Gasteiger charge is 2.29. The number of carbonyl (C=O) groups excluding carboxylic acids is 1. The van der Waals surface area contributed by atoms with Crippen LogP contribution in [0, 0.1) is 5.92 Å². The quantitative estimate of drug-likeness (QED) is 0.596. The Bertz CT molecular complexity index is 332. The van der Waals surface area contributed by atoms with Gasteiger partial charge in [-0.05, 0) is 33.2 Å². The minimum absolute atomic E-state index is 0.182. The Morgan fingerprint density at radius 2 is 1.90 bits per heavy atom. The predicted octanol–water partition coefficient (Wildman–Crippen LogP) is 1.27. The second-order valence-electron chi connectivity index (χ2n) is 5.66. The summed E-state index contributed by atoms with van der Waals surface area (Å²) < 4.78 is 0. The maximum atomic E-state index is 11.7. The molecule has 0 heterocycles. The van der Waals surface area contributed by atoms with E-state index in [4.69, 9.17) is 5.11 Å². The molecule has 1 aliphatic carbocycles. The van der Waals surface area contributed by atoms with Gasteiger partial charge in [0.1, 0.15) is 0 Å². The Balaban J connectivity index is 2.20. The van der Waals surface area contributed by atoms with Gasteiger partial charge in [-0.15, -0.1) is 0 Å². The summed E-state index contributed by atoms with van der Waals surface area (Å²) in [5, 5.41) is 14.4. The number of rotatable bonds is 9. The van der Waals surface area contributed by atoms with Crippen LogP contribution in [0.3, 0.4) is 0 Å². The van der Waals surface area contributed by atoms with E-state index in [1.807, 2.05) is 6.92 Å². The molecule has 0 spiro atoms. The van der Waals surface area contributed by atoms with Gasteiger partial charge in [0.2, 0.25) is 0 Å². The largest absolute Gasteiger partial charge is 0.481 e. The van der Waals surface area contributed by atoms with Crippen LogP contribution in [0.15, 0.2) is 0 Å². The molecule has 2 atom stereocenters. The van der Waals surface area contributed by atoms with Gasteiger partial charge in [0.25, 0.3) is 0 Å². The zero-order chi connectivity index (χ0) is 15.1. The van der Waals surface area contributed by atoms with Gasteiger partial charge in [0, 0.05) is 25.2 Å². The summed E-state index contributed by atoms with van der Waals surface area (Å²) in [6.07, 6.45) is 3.86. The number of carboxylic acid groups (broad SMARTS) is 1. The summed E-state index contributed by atoms with van der Waals surface area (Å²) in [4.78, 5) is 24.9. The number of likely N-dealkylation sites (N-methyl/N-ethyl adjacent to an activating group) is 1. The van der Waals surface area contributed by atoms with Crippen LogP contribution in [0.1, 0.15) is 39.5 Å². The molecule has 1 saturated carbocycles. The molecule has 1 fully saturated rings. The number of urea groups is 1. The van der Waals surface area contributed by atoms with Gasteiger partial charge < -0.3 is 15.7 Å². The number of nitrogens with zero attached hydrogens (tertiary/aromatic N) is 1. The molecule has 20 heavy (non-hydrogen) atoms. The molecule has 2 unspecified atom stereocenters. The third-order valence-electron chi connectivity index (χ3n) is 3.87. The van der Waals surface area contributed by atoms with Crippen molar-refractivity contribution in [2.75, 3.05) is 20.1 Å². The summed E-state index contributed by atoms with van der Waals surface area (Å²) in [7, 11) is 2.07. The molecular formula is C14H27N3O3. The van der Waals surface area contributed by atoms with Gasteiger partial charge >= 0.3 is 12.0 Å². The summed E-state index contributed by atoms with van der Waals surface area (Å²) >= 11 is 0. The van der Waals surface area contributed by atoms with Gasteiger partial charge in [-0.25, -0.2) is 4.79 Å². The molecule has 0 radical (unpaired) electrons. The third kappa shape index (κ3) is 5.77. The Labute approximate surface area is 120 Å². The molecular weight excluding hydrogens is 258 g/mol. The lowest BCUT2D eigenvalue weighted by atomic mass is 10.0. The molecule has 0 aromatic carbocycles. The van der Waals surface area contributed by atoms with Crippen molar-refractivity contribution in [3.63, 3.8) is 0 Å². The highest BCUT2D eigenvalue weighted by Crippen LogP contribution is 2.26. The maximum Gasteiger partial charge on any atom is 0.314 e. The lowest BCUT2D eigenvalue weighted by molar-refractivity contribution is -0.141. The Hall–Kier alpha value is -1.30. The fraction of sp³-hybridized carbons (Fsp3) is 0.857. The van der Waals surface area contributed by atoms with Crippen molar-refractivity contribution >= 4 is 12.0 Å². The van der Waals surface area contributed by atoms with Crippen molar-refractivity contribution in [1.29, 1.82) is 0 Å². The van der Waals surface area contributed by atoms with Crippen LogP contribution in [-0.4, -0.2) is 54.2 Å². The maximum absolute atomic E-state index is 11.7. The number of aliphatic carboxylic acids is 1. The first-order chi connectivity index (χ1) is 9.45. The van der Waals surface area contributed by atoms with Crippen molar-refractivity contribution in [2.45, 2.75) is 51.6 Å². The second-order valence-corrected chi connectivity index (χ2v) is 5.66. The number of carboxylic acids is 1. The summed E-state index contributed by atoms with van der Waals surface area (Å²) in [5.41, 5.74) is 0. The standard InChI is InChI=1S/C14H27N3O3/c1-4-5-11(13(18)19)9-16-14(20)15-8-10(2)17(3)12-6-7-12/h10-12H,4-9H2,1-3H3,(H,18,19)(H2,15,16,20). The number of hydrogen-bond donors (Lipinski definition) is 3. The van der Waals surface area contributed by atoms with Crippen molar-refractivity contribution in [2.24, 2.45) is 5.92 Å². The van der Waals surface area contributed by atoms with E-state index < -0.39 is 11.9 Å². The van der Waals surface area contributed by atoms with Gasteiger partial charge in [-0.3, -0.25) is 9.69 Å². The summed E-state index contributed by atoms with van der Waals surface area (Å²) in [6, 6.07) is 0.665. The fourth-order valence-corrected chi connectivity index (χ4v) is 2.17. The molecule has 0 aromatic rings. The monoisotopic (exact) mass is 285 g/mol. The third-order valence-corrected chi connectivity index (χ3v) is 3.87. The minimum Gasteiger partial charge on any atom is -0.481 e. The topological polar surface area (TPSA) is 81.7 Å². The Morgan fingerprint density at radius 3 is 2.40 bits per heavy atom. The zero-order valence-electron chi connectivity index (χ0n) is 12.7. The molecule has 2 amide bonds. The van der Waals surface area contributed by atoms with Crippen LogP contribution < -0.4 is 10.6 Å². The van der Waals surface area contributed by atoms with E-state index in [1.165, 1.54) is 12.8 Å². The molecule has 0 aliphatic heterocycles. The van der Waals surface area contributed by atoms with Crippen molar-refractivity contribution in [3.8, 4) is 0 Å². The van der Waals surface area contributed by atoms with Crippen molar-refractivity contribution in [3.05, 3.63) is 0 Å². The number of carbonyl (C=O) groups is 2. The van der Waals surface area contributed by atoms with Crippen LogP contribution in [0.5, 0.6) is 0 Å². The van der Waals surface area contributed by atoms with Crippen LogP contribution in [0.4, 0.5) is 4.79 Å². The molecule has 3 N–H and O–H groups in total. The van der Waals surface area contributed by atoms with Crippen molar-refractivity contribution < 1.29 is 14.7 Å². The van der Waals surface area contributed by atoms with E-state index in [1.54, 1.807) is 0 Å². The molecule has 1 rings (SSSR count). The van der Waals surface area contributed by atoms with E-state index in [9.17, 15) is 9.59 Å². The average molecular weight is 285 g/mol. The molecule has 0 aromatic heterocycles.